The molecule has 4 aromatic rings. The number of halogens is 3. The zero-order valence-corrected chi connectivity index (χ0v) is 18.5. The number of aromatic nitrogens is 4. The van der Waals surface area contributed by atoms with Crippen molar-refractivity contribution in [1.82, 2.24) is 19.6 Å². The molecule has 3 heterocycles. The monoisotopic (exact) mass is 453 g/mol. The van der Waals surface area contributed by atoms with E-state index in [0.29, 0.717) is 28.3 Å². The number of rotatable bonds is 3. The van der Waals surface area contributed by atoms with Gasteiger partial charge in [-0.15, -0.1) is 0 Å². The van der Waals surface area contributed by atoms with Crippen LogP contribution in [-0.2, 0) is 11.0 Å². The quantitative estimate of drug-likeness (QED) is 0.427. The summed E-state index contributed by atoms with van der Waals surface area (Å²) in [5, 5.41) is 7.43. The number of anilines is 1. The molecule has 6 nitrogen and oxygen atoms in total. The van der Waals surface area contributed by atoms with Crippen molar-refractivity contribution in [3.8, 4) is 22.5 Å². The van der Waals surface area contributed by atoms with Gasteiger partial charge in [-0.2, -0.15) is 18.3 Å². The predicted molar refractivity (Wildman–Crippen MR) is 119 cm³/mol. The molecule has 0 aliphatic heterocycles. The lowest BCUT2D eigenvalue weighted by atomic mass is 9.95. The second-order valence-corrected chi connectivity index (χ2v) is 8.81. The molecule has 0 atom stereocenters. The van der Waals surface area contributed by atoms with E-state index in [9.17, 15) is 18.0 Å². The van der Waals surface area contributed by atoms with E-state index in [4.69, 9.17) is 0 Å². The van der Waals surface area contributed by atoms with E-state index in [0.717, 1.165) is 23.4 Å². The molecule has 4 rings (SSSR count). The van der Waals surface area contributed by atoms with Gasteiger partial charge >= 0.3 is 6.18 Å². The van der Waals surface area contributed by atoms with Gasteiger partial charge in [-0.25, -0.2) is 9.50 Å². The summed E-state index contributed by atoms with van der Waals surface area (Å²) in [6.07, 6.45) is -1.61. The summed E-state index contributed by atoms with van der Waals surface area (Å²) in [5.41, 5.74) is 3.10. The number of nitrogens with zero attached hydrogens (tertiary/aromatic N) is 4. The highest BCUT2D eigenvalue weighted by molar-refractivity contribution is 5.95. The van der Waals surface area contributed by atoms with Gasteiger partial charge in [-0.3, -0.25) is 9.78 Å². The largest absolute Gasteiger partial charge is 0.433 e. The van der Waals surface area contributed by atoms with Crippen LogP contribution >= 0.6 is 0 Å². The van der Waals surface area contributed by atoms with E-state index >= 15 is 0 Å². The predicted octanol–water partition coefficient (Wildman–Crippen LogP) is 5.77. The number of amides is 1. The highest BCUT2D eigenvalue weighted by atomic mass is 19.4. The first-order valence-corrected chi connectivity index (χ1v) is 10.2. The Hall–Kier alpha value is -3.75. The Morgan fingerprint density at radius 1 is 0.970 bits per heavy atom. The summed E-state index contributed by atoms with van der Waals surface area (Å²) in [7, 11) is 0. The van der Waals surface area contributed by atoms with Crippen molar-refractivity contribution >= 4 is 17.2 Å². The summed E-state index contributed by atoms with van der Waals surface area (Å²) < 4.78 is 39.9. The number of fused-ring (bicyclic) bond motifs is 1. The topological polar surface area (TPSA) is 72.2 Å². The molecule has 1 aromatic carbocycles. The first-order valence-electron chi connectivity index (χ1n) is 10.2. The van der Waals surface area contributed by atoms with Crippen LogP contribution in [0.3, 0.4) is 0 Å². The zero-order chi connectivity index (χ0) is 24.0. The molecule has 1 amide bonds. The van der Waals surface area contributed by atoms with Crippen LogP contribution in [0.2, 0.25) is 0 Å². The van der Waals surface area contributed by atoms with Crippen molar-refractivity contribution in [3.63, 3.8) is 0 Å². The lowest BCUT2D eigenvalue weighted by Crippen LogP contribution is -2.27. The maximum atomic E-state index is 12.8. The molecule has 0 unspecified atom stereocenters. The van der Waals surface area contributed by atoms with Gasteiger partial charge in [0.25, 0.3) is 0 Å². The number of pyridine rings is 1. The van der Waals surface area contributed by atoms with E-state index < -0.39 is 17.3 Å². The number of carbonyl (C=O) groups is 1. The summed E-state index contributed by atoms with van der Waals surface area (Å²) in [6.45, 7) is 7.45. The molecule has 170 valence electrons. The Morgan fingerprint density at radius 3 is 2.33 bits per heavy atom. The summed E-state index contributed by atoms with van der Waals surface area (Å²) in [5.74, 6) is -0.0887. The number of alkyl halides is 3. The third-order valence-corrected chi connectivity index (χ3v) is 5.13. The number of aryl methyl sites for hydroxylation is 1. The van der Waals surface area contributed by atoms with Gasteiger partial charge in [-0.05, 0) is 42.8 Å². The summed E-state index contributed by atoms with van der Waals surface area (Å²) >= 11 is 0. The van der Waals surface area contributed by atoms with Gasteiger partial charge in [0.1, 0.15) is 5.69 Å². The van der Waals surface area contributed by atoms with Gasteiger partial charge in [0, 0.05) is 28.4 Å². The summed E-state index contributed by atoms with van der Waals surface area (Å²) in [6, 6.07) is 11.4. The van der Waals surface area contributed by atoms with Gasteiger partial charge in [0.05, 0.1) is 17.6 Å². The molecule has 0 bridgehead atoms. The lowest BCUT2D eigenvalue weighted by molar-refractivity contribution is -0.141. The van der Waals surface area contributed by atoms with Crippen LogP contribution in [0.5, 0.6) is 0 Å². The van der Waals surface area contributed by atoms with Crippen LogP contribution in [0.15, 0.2) is 54.9 Å². The van der Waals surface area contributed by atoms with E-state index in [1.807, 2.05) is 45.9 Å². The number of carbonyl (C=O) groups excluding carboxylic acids is 1. The Bertz CT molecular complexity index is 1340. The van der Waals surface area contributed by atoms with Crippen LogP contribution < -0.4 is 5.32 Å². The minimum absolute atomic E-state index is 0.0887. The van der Waals surface area contributed by atoms with Crippen molar-refractivity contribution in [2.75, 3.05) is 5.32 Å². The average Bonchev–Trinajstić information content (AvgIpc) is 3.17. The minimum Gasteiger partial charge on any atom is -0.325 e. The molecule has 0 aliphatic rings. The van der Waals surface area contributed by atoms with Crippen molar-refractivity contribution in [2.45, 2.75) is 33.9 Å². The van der Waals surface area contributed by atoms with E-state index in [1.54, 1.807) is 22.8 Å². The van der Waals surface area contributed by atoms with Crippen LogP contribution in [0.25, 0.3) is 28.2 Å². The average molecular weight is 453 g/mol. The van der Waals surface area contributed by atoms with Crippen molar-refractivity contribution < 1.29 is 18.0 Å². The maximum Gasteiger partial charge on any atom is 0.433 e. The fourth-order valence-electron chi connectivity index (χ4n) is 3.11. The van der Waals surface area contributed by atoms with Gasteiger partial charge in [-0.1, -0.05) is 32.9 Å². The normalized spacial score (nSPS) is 12.2. The first kappa shape index (κ1) is 22.4. The van der Waals surface area contributed by atoms with Gasteiger partial charge < -0.3 is 5.32 Å². The molecule has 1 N–H and O–H groups in total. The lowest BCUT2D eigenvalue weighted by Gasteiger charge is -2.19. The molecule has 0 aliphatic carbocycles. The summed E-state index contributed by atoms with van der Waals surface area (Å²) in [4.78, 5) is 20.5. The van der Waals surface area contributed by atoms with E-state index in [-0.39, 0.29) is 5.91 Å². The van der Waals surface area contributed by atoms with Gasteiger partial charge in [0.15, 0.2) is 5.65 Å². The second kappa shape index (κ2) is 7.99. The molecule has 0 radical (unpaired) electrons. The maximum absolute atomic E-state index is 12.8. The van der Waals surface area contributed by atoms with Crippen molar-refractivity contribution in [1.29, 1.82) is 0 Å². The van der Waals surface area contributed by atoms with Crippen LogP contribution in [0, 0.1) is 12.3 Å². The van der Waals surface area contributed by atoms with Crippen LogP contribution in [-0.4, -0.2) is 25.5 Å². The number of benzene rings is 1. The highest BCUT2D eigenvalue weighted by Crippen LogP contribution is 2.29. The third kappa shape index (κ3) is 4.72. The van der Waals surface area contributed by atoms with Crippen molar-refractivity contribution in [3.05, 3.63) is 66.1 Å². The molecule has 0 saturated heterocycles. The molecule has 0 saturated carbocycles. The molecule has 3 aromatic heterocycles. The molecule has 33 heavy (non-hydrogen) atoms. The first-order chi connectivity index (χ1) is 15.4. The number of nitrogens with one attached hydrogen (secondary N) is 1. The Balaban J connectivity index is 1.65. The minimum atomic E-state index is -4.49. The smallest absolute Gasteiger partial charge is 0.325 e. The molecular weight excluding hydrogens is 431 g/mol. The van der Waals surface area contributed by atoms with E-state index in [2.05, 4.69) is 20.4 Å². The number of hydrogen-bond acceptors (Lipinski definition) is 4. The Morgan fingerprint density at radius 2 is 1.70 bits per heavy atom. The molecule has 0 fully saturated rings. The SMILES string of the molecule is Cc1ccc(-c2cn3nc(-c4ccc(C(F)(F)F)nc4)ccc3n2)cc1NC(=O)C(C)(C)C. The van der Waals surface area contributed by atoms with Gasteiger partial charge in [0.2, 0.25) is 5.91 Å². The molecule has 9 heteroatoms. The standard InChI is InChI=1S/C24H22F3N5O/c1-14-5-6-15(11-18(14)30-22(33)23(2,3)4)19-13-32-21(29-19)10-8-17(31-32)16-7-9-20(28-12-16)24(25,26)27/h5-13H,1-4H3,(H,30,33). The molecule has 0 spiro atoms. The zero-order valence-electron chi connectivity index (χ0n) is 18.5. The van der Waals surface area contributed by atoms with Crippen molar-refractivity contribution in [2.24, 2.45) is 5.41 Å². The number of hydrogen-bond donors (Lipinski definition) is 1. The second-order valence-electron chi connectivity index (χ2n) is 8.81. The Kier molecular flexibility index (Phi) is 5.43. The van der Waals surface area contributed by atoms with E-state index in [1.165, 1.54) is 6.07 Å². The number of imidazole rings is 1. The fraction of sp³-hybridized carbons (Fsp3) is 0.250. The highest BCUT2D eigenvalue weighted by Gasteiger charge is 2.32. The fourth-order valence-corrected chi connectivity index (χ4v) is 3.11. The van der Waals surface area contributed by atoms with Crippen LogP contribution in [0.1, 0.15) is 32.0 Å². The van der Waals surface area contributed by atoms with Crippen LogP contribution in [0.4, 0.5) is 18.9 Å². The third-order valence-electron chi connectivity index (χ3n) is 5.13. The molecular formula is C24H22F3N5O. The Labute approximate surface area is 188 Å².